The molecule has 3 N–H and O–H groups in total. The zero-order chi connectivity index (χ0) is 29.5. The molecular formula is C31H51N5O5. The van der Waals surface area contributed by atoms with Crippen molar-refractivity contribution >= 4 is 28.7 Å². The number of amides is 1. The molecule has 0 bridgehead atoms. The standard InChI is InChI=1S/C31H51N5O5/c1-3-5-7-8-9-10-11-12-13-14-15-16-17-19-25(39)35-30-27-31(33-21-32-30)36(22-34-27)26-20-24(38)29(41-26)28(40)23(37)18-6-4-2/h21-22,24,26,28-29,38,40H,3-20H2,1-2H3,(H,32,33,35,39)/t24-,26+,28?,29-/m0/s1. The van der Waals surface area contributed by atoms with Gasteiger partial charge < -0.3 is 20.3 Å². The second-order valence-corrected chi connectivity index (χ2v) is 11.5. The number of aliphatic hydroxyl groups is 2. The molecule has 2 aromatic heterocycles. The van der Waals surface area contributed by atoms with E-state index in [0.29, 0.717) is 29.8 Å². The quantitative estimate of drug-likeness (QED) is 0.154. The Morgan fingerprint density at radius 1 is 0.902 bits per heavy atom. The smallest absolute Gasteiger partial charge is 0.225 e. The van der Waals surface area contributed by atoms with Crippen LogP contribution in [0.25, 0.3) is 11.2 Å². The van der Waals surface area contributed by atoms with E-state index in [4.69, 9.17) is 4.74 Å². The third kappa shape index (κ3) is 10.4. The Morgan fingerprint density at radius 3 is 2.15 bits per heavy atom. The van der Waals surface area contributed by atoms with Crippen LogP contribution in [0.2, 0.25) is 0 Å². The van der Waals surface area contributed by atoms with Crippen molar-refractivity contribution in [1.29, 1.82) is 0 Å². The average Bonchev–Trinajstić information content (AvgIpc) is 3.57. The van der Waals surface area contributed by atoms with Crippen molar-refractivity contribution in [2.24, 2.45) is 0 Å². The molecule has 2 aromatic rings. The van der Waals surface area contributed by atoms with Gasteiger partial charge in [0, 0.05) is 19.3 Å². The maximum atomic E-state index is 12.6. The minimum absolute atomic E-state index is 0.107. The first-order chi connectivity index (χ1) is 20.0. The van der Waals surface area contributed by atoms with Crippen molar-refractivity contribution in [1.82, 2.24) is 19.5 Å². The molecule has 1 aliphatic rings. The zero-order valence-corrected chi connectivity index (χ0v) is 25.1. The summed E-state index contributed by atoms with van der Waals surface area (Å²) in [7, 11) is 0. The van der Waals surface area contributed by atoms with Crippen molar-refractivity contribution < 1.29 is 24.5 Å². The Morgan fingerprint density at radius 2 is 1.51 bits per heavy atom. The van der Waals surface area contributed by atoms with Gasteiger partial charge in [-0.2, -0.15) is 0 Å². The summed E-state index contributed by atoms with van der Waals surface area (Å²) in [6, 6.07) is 0. The number of carbonyl (C=O) groups excluding carboxylic acids is 2. The fourth-order valence-electron chi connectivity index (χ4n) is 5.47. The predicted octanol–water partition coefficient (Wildman–Crippen LogP) is 6.01. The zero-order valence-electron chi connectivity index (χ0n) is 25.1. The Balaban J connectivity index is 1.39. The number of nitrogens with zero attached hydrogens (tertiary/aromatic N) is 4. The lowest BCUT2D eigenvalue weighted by molar-refractivity contribution is -0.141. The van der Waals surface area contributed by atoms with E-state index >= 15 is 0 Å². The second kappa shape index (κ2) is 18.2. The molecule has 0 radical (unpaired) electrons. The van der Waals surface area contributed by atoms with Crippen LogP contribution >= 0.6 is 0 Å². The van der Waals surface area contributed by atoms with Crippen LogP contribution in [-0.2, 0) is 14.3 Å². The summed E-state index contributed by atoms with van der Waals surface area (Å²) in [6.45, 7) is 4.23. The van der Waals surface area contributed by atoms with Gasteiger partial charge in [0.1, 0.15) is 24.8 Å². The van der Waals surface area contributed by atoms with E-state index in [0.717, 1.165) is 25.7 Å². The summed E-state index contributed by atoms with van der Waals surface area (Å²) in [5.74, 6) is -0.106. The number of nitrogens with one attached hydrogen (secondary N) is 1. The molecule has 1 unspecified atom stereocenters. The number of anilines is 1. The topological polar surface area (TPSA) is 139 Å². The first-order valence-electron chi connectivity index (χ1n) is 16.0. The lowest BCUT2D eigenvalue weighted by Gasteiger charge is -2.20. The summed E-state index contributed by atoms with van der Waals surface area (Å²) in [4.78, 5) is 37.8. The average molecular weight is 574 g/mol. The molecule has 230 valence electrons. The predicted molar refractivity (Wildman–Crippen MR) is 159 cm³/mol. The number of hydrogen-bond acceptors (Lipinski definition) is 8. The number of imidazole rings is 1. The van der Waals surface area contributed by atoms with Gasteiger partial charge in [-0.25, -0.2) is 15.0 Å². The minimum atomic E-state index is -1.38. The molecule has 41 heavy (non-hydrogen) atoms. The van der Waals surface area contributed by atoms with Crippen LogP contribution in [0.3, 0.4) is 0 Å². The number of Topliss-reactive ketones (excluding diaryl/α,β-unsaturated/α-hetero) is 1. The Hall–Kier alpha value is -2.43. The molecule has 10 nitrogen and oxygen atoms in total. The largest absolute Gasteiger partial charge is 0.390 e. The number of ketones is 1. The van der Waals surface area contributed by atoms with Gasteiger partial charge in [-0.05, 0) is 12.8 Å². The van der Waals surface area contributed by atoms with E-state index < -0.39 is 24.5 Å². The monoisotopic (exact) mass is 573 g/mol. The number of hydrogen-bond donors (Lipinski definition) is 3. The van der Waals surface area contributed by atoms with Crippen molar-refractivity contribution in [2.75, 3.05) is 5.32 Å². The number of ether oxygens (including phenoxy) is 1. The number of unbranched alkanes of at least 4 members (excludes halogenated alkanes) is 13. The highest BCUT2D eigenvalue weighted by Crippen LogP contribution is 2.33. The van der Waals surface area contributed by atoms with E-state index in [2.05, 4.69) is 27.2 Å². The number of fused-ring (bicyclic) bond motifs is 1. The molecule has 3 rings (SSSR count). The van der Waals surface area contributed by atoms with Gasteiger partial charge in [0.2, 0.25) is 5.91 Å². The van der Waals surface area contributed by atoms with Crippen molar-refractivity contribution in [3.8, 4) is 0 Å². The molecule has 10 heteroatoms. The van der Waals surface area contributed by atoms with Crippen LogP contribution in [0.5, 0.6) is 0 Å². The van der Waals surface area contributed by atoms with Crippen molar-refractivity contribution in [3.63, 3.8) is 0 Å². The molecule has 1 saturated heterocycles. The van der Waals surface area contributed by atoms with Crippen LogP contribution in [0.15, 0.2) is 12.7 Å². The SMILES string of the molecule is CCCCCCCCCCCCCCCC(=O)Nc1ncnc2c1ncn2[C@H]1C[C@H](O)[C@@H](C(O)C(=O)CCCC)O1. The molecule has 1 fully saturated rings. The van der Waals surface area contributed by atoms with Gasteiger partial charge in [-0.1, -0.05) is 97.3 Å². The molecule has 0 spiro atoms. The maximum Gasteiger partial charge on any atom is 0.225 e. The van der Waals surface area contributed by atoms with Crippen LogP contribution in [0.1, 0.15) is 136 Å². The summed E-state index contributed by atoms with van der Waals surface area (Å²) >= 11 is 0. The van der Waals surface area contributed by atoms with Gasteiger partial charge in [0.05, 0.1) is 12.4 Å². The van der Waals surface area contributed by atoms with Crippen LogP contribution in [0, 0.1) is 0 Å². The molecule has 4 atom stereocenters. The summed E-state index contributed by atoms with van der Waals surface area (Å²) in [5, 5.41) is 23.8. The third-order valence-corrected chi connectivity index (χ3v) is 7.99. The highest BCUT2D eigenvalue weighted by molar-refractivity contribution is 5.96. The number of carbonyl (C=O) groups is 2. The van der Waals surface area contributed by atoms with Gasteiger partial charge in [-0.3, -0.25) is 14.2 Å². The van der Waals surface area contributed by atoms with E-state index in [9.17, 15) is 19.8 Å². The second-order valence-electron chi connectivity index (χ2n) is 11.5. The number of aliphatic hydroxyl groups excluding tert-OH is 2. The fourth-order valence-corrected chi connectivity index (χ4v) is 5.47. The van der Waals surface area contributed by atoms with Crippen LogP contribution in [-0.4, -0.2) is 59.7 Å². The first-order valence-corrected chi connectivity index (χ1v) is 16.0. The maximum absolute atomic E-state index is 12.6. The Bertz CT molecular complexity index is 1060. The molecule has 0 saturated carbocycles. The fraction of sp³-hybridized carbons (Fsp3) is 0.774. The lowest BCUT2D eigenvalue weighted by Crippen LogP contribution is -2.40. The molecule has 1 amide bonds. The van der Waals surface area contributed by atoms with E-state index in [-0.39, 0.29) is 24.5 Å². The molecule has 1 aliphatic heterocycles. The lowest BCUT2D eigenvalue weighted by atomic mass is 10.0. The first kappa shape index (κ1) is 33.1. The number of aromatic nitrogens is 4. The molecule has 3 heterocycles. The van der Waals surface area contributed by atoms with Crippen LogP contribution < -0.4 is 5.32 Å². The minimum Gasteiger partial charge on any atom is -0.390 e. The molecule has 0 aliphatic carbocycles. The molecular weight excluding hydrogens is 522 g/mol. The van der Waals surface area contributed by atoms with E-state index in [1.807, 2.05) is 6.92 Å². The Labute approximate surface area is 244 Å². The third-order valence-electron chi connectivity index (χ3n) is 7.99. The van der Waals surface area contributed by atoms with Gasteiger partial charge in [0.15, 0.2) is 22.8 Å². The summed E-state index contributed by atoms with van der Waals surface area (Å²) in [6.07, 6.45) is 17.5. The highest BCUT2D eigenvalue weighted by Gasteiger charge is 2.42. The van der Waals surface area contributed by atoms with Gasteiger partial charge in [-0.15, -0.1) is 0 Å². The molecule has 0 aromatic carbocycles. The number of rotatable bonds is 21. The highest BCUT2D eigenvalue weighted by atomic mass is 16.5. The van der Waals surface area contributed by atoms with Crippen molar-refractivity contribution in [2.45, 2.75) is 154 Å². The Kier molecular flexibility index (Phi) is 14.7. The van der Waals surface area contributed by atoms with Crippen LogP contribution in [0.4, 0.5) is 5.82 Å². The van der Waals surface area contributed by atoms with Crippen molar-refractivity contribution in [3.05, 3.63) is 12.7 Å². The van der Waals surface area contributed by atoms with Gasteiger partial charge in [0.25, 0.3) is 0 Å². The summed E-state index contributed by atoms with van der Waals surface area (Å²) in [5.41, 5.74) is 0.869. The normalized spacial score (nSPS) is 19.6. The van der Waals surface area contributed by atoms with E-state index in [1.165, 1.54) is 76.9 Å². The van der Waals surface area contributed by atoms with E-state index in [1.54, 1.807) is 4.57 Å². The summed E-state index contributed by atoms with van der Waals surface area (Å²) < 4.78 is 7.54. The van der Waals surface area contributed by atoms with Gasteiger partial charge >= 0.3 is 0 Å².